The van der Waals surface area contributed by atoms with Crippen molar-refractivity contribution in [3.63, 3.8) is 0 Å². The van der Waals surface area contributed by atoms with Crippen molar-refractivity contribution in [3.05, 3.63) is 84.9 Å². The summed E-state index contributed by atoms with van der Waals surface area (Å²) in [5.74, 6) is 0.0891. The molecule has 164 valence electrons. The third-order valence-electron chi connectivity index (χ3n) is 5.48. The lowest BCUT2D eigenvalue weighted by Gasteiger charge is -2.17. The SMILES string of the molecule is CC(=O)NC(Cc1c[nH]c2ccccc12)C(=O)Nc1ccc(-c2cn3cccnc3n2)cc1. The van der Waals surface area contributed by atoms with Gasteiger partial charge in [0.25, 0.3) is 0 Å². The zero-order valence-electron chi connectivity index (χ0n) is 17.9. The fraction of sp³-hybridized carbons (Fsp3) is 0.120. The zero-order valence-corrected chi connectivity index (χ0v) is 17.9. The van der Waals surface area contributed by atoms with Gasteiger partial charge < -0.3 is 15.6 Å². The van der Waals surface area contributed by atoms with Gasteiger partial charge in [-0.15, -0.1) is 0 Å². The molecular formula is C25H22N6O2. The molecule has 0 radical (unpaired) electrons. The molecule has 2 amide bonds. The number of aromatic amines is 1. The van der Waals surface area contributed by atoms with E-state index in [1.807, 2.05) is 77.6 Å². The van der Waals surface area contributed by atoms with E-state index in [2.05, 4.69) is 25.6 Å². The summed E-state index contributed by atoms with van der Waals surface area (Å²) >= 11 is 0. The number of nitrogens with one attached hydrogen (secondary N) is 3. The number of nitrogens with zero attached hydrogens (tertiary/aromatic N) is 3. The van der Waals surface area contributed by atoms with Crippen molar-refractivity contribution in [2.45, 2.75) is 19.4 Å². The van der Waals surface area contributed by atoms with Crippen LogP contribution in [0.3, 0.4) is 0 Å². The summed E-state index contributed by atoms with van der Waals surface area (Å²) in [6, 6.07) is 16.5. The number of aromatic nitrogens is 4. The molecule has 0 spiro atoms. The summed E-state index contributed by atoms with van der Waals surface area (Å²) in [4.78, 5) is 36.7. The molecule has 8 nitrogen and oxygen atoms in total. The average molecular weight is 438 g/mol. The van der Waals surface area contributed by atoms with Crippen LogP contribution in [0.1, 0.15) is 12.5 Å². The first kappa shape index (κ1) is 20.4. The summed E-state index contributed by atoms with van der Waals surface area (Å²) in [6.07, 6.45) is 7.76. The minimum atomic E-state index is -0.703. The zero-order chi connectivity index (χ0) is 22.8. The topological polar surface area (TPSA) is 104 Å². The van der Waals surface area contributed by atoms with Crippen LogP contribution >= 0.6 is 0 Å². The summed E-state index contributed by atoms with van der Waals surface area (Å²) in [5, 5.41) is 6.72. The van der Waals surface area contributed by atoms with Gasteiger partial charge in [0, 0.05) is 60.3 Å². The largest absolute Gasteiger partial charge is 0.361 e. The summed E-state index contributed by atoms with van der Waals surface area (Å²) in [5.41, 5.74) is 4.31. The number of hydrogen-bond donors (Lipinski definition) is 3. The van der Waals surface area contributed by atoms with E-state index < -0.39 is 6.04 Å². The van der Waals surface area contributed by atoms with Crippen LogP contribution in [0.5, 0.6) is 0 Å². The number of carbonyl (C=O) groups excluding carboxylic acids is 2. The first-order valence-corrected chi connectivity index (χ1v) is 10.6. The van der Waals surface area contributed by atoms with Gasteiger partial charge >= 0.3 is 0 Å². The predicted octanol–water partition coefficient (Wildman–Crippen LogP) is 3.56. The number of amides is 2. The summed E-state index contributed by atoms with van der Waals surface area (Å²) in [6.45, 7) is 1.41. The number of hydrogen-bond acceptors (Lipinski definition) is 4. The van der Waals surface area contributed by atoms with E-state index in [0.717, 1.165) is 27.7 Å². The molecule has 3 N–H and O–H groups in total. The third-order valence-corrected chi connectivity index (χ3v) is 5.48. The molecule has 33 heavy (non-hydrogen) atoms. The molecule has 0 fully saturated rings. The van der Waals surface area contributed by atoms with Gasteiger partial charge in [-0.3, -0.25) is 14.0 Å². The second-order valence-electron chi connectivity index (χ2n) is 7.84. The highest BCUT2D eigenvalue weighted by Crippen LogP contribution is 2.22. The van der Waals surface area contributed by atoms with Gasteiger partial charge in [-0.1, -0.05) is 30.3 Å². The Hall–Kier alpha value is -4.46. The highest BCUT2D eigenvalue weighted by molar-refractivity contribution is 5.97. The Morgan fingerprint density at radius 2 is 1.91 bits per heavy atom. The first-order valence-electron chi connectivity index (χ1n) is 10.6. The smallest absolute Gasteiger partial charge is 0.247 e. The molecule has 2 aromatic carbocycles. The second kappa shape index (κ2) is 8.58. The number of imidazole rings is 1. The minimum absolute atomic E-state index is 0.259. The van der Waals surface area contributed by atoms with E-state index in [0.29, 0.717) is 17.9 Å². The van der Waals surface area contributed by atoms with Gasteiger partial charge in [0.1, 0.15) is 6.04 Å². The van der Waals surface area contributed by atoms with Crippen molar-refractivity contribution in [3.8, 4) is 11.3 Å². The predicted molar refractivity (Wildman–Crippen MR) is 127 cm³/mol. The molecule has 1 unspecified atom stereocenters. The molecule has 0 saturated carbocycles. The molecule has 5 rings (SSSR count). The van der Waals surface area contributed by atoms with Gasteiger partial charge in [-0.05, 0) is 29.8 Å². The molecule has 0 aliphatic heterocycles. The van der Waals surface area contributed by atoms with Crippen molar-refractivity contribution in [1.82, 2.24) is 24.7 Å². The van der Waals surface area contributed by atoms with E-state index in [1.165, 1.54) is 6.92 Å². The standard InChI is InChI=1S/C25H22N6O2/c1-16(32)28-22(13-18-14-27-21-6-3-2-5-20(18)21)24(33)29-19-9-7-17(8-10-19)23-15-31-12-4-11-26-25(31)30-23/h2-12,14-15,22,27H,13H2,1H3,(H,28,32)(H,29,33). The van der Waals surface area contributed by atoms with Crippen LogP contribution in [0.25, 0.3) is 27.9 Å². The Morgan fingerprint density at radius 3 is 2.70 bits per heavy atom. The summed E-state index contributed by atoms with van der Waals surface area (Å²) < 4.78 is 1.85. The first-order chi connectivity index (χ1) is 16.1. The van der Waals surface area contributed by atoms with Crippen LogP contribution in [0.2, 0.25) is 0 Å². The van der Waals surface area contributed by atoms with Crippen molar-refractivity contribution < 1.29 is 9.59 Å². The molecule has 0 saturated heterocycles. The molecule has 5 aromatic rings. The number of anilines is 1. The van der Waals surface area contributed by atoms with Gasteiger partial charge in [0.2, 0.25) is 17.6 Å². The van der Waals surface area contributed by atoms with Crippen molar-refractivity contribution in [2.24, 2.45) is 0 Å². The number of H-pyrrole nitrogens is 1. The number of carbonyl (C=O) groups is 2. The van der Waals surface area contributed by atoms with Crippen LogP contribution in [0.4, 0.5) is 5.69 Å². The fourth-order valence-corrected chi connectivity index (χ4v) is 3.90. The molecule has 8 heteroatoms. The van der Waals surface area contributed by atoms with E-state index in [9.17, 15) is 9.59 Å². The number of benzene rings is 2. The maximum atomic E-state index is 13.0. The summed E-state index contributed by atoms with van der Waals surface area (Å²) in [7, 11) is 0. The monoisotopic (exact) mass is 438 g/mol. The fourth-order valence-electron chi connectivity index (χ4n) is 3.90. The van der Waals surface area contributed by atoms with Crippen molar-refractivity contribution >= 4 is 34.2 Å². The highest BCUT2D eigenvalue weighted by Gasteiger charge is 2.21. The second-order valence-corrected chi connectivity index (χ2v) is 7.84. The molecule has 0 aliphatic rings. The Labute approximate surface area is 189 Å². The van der Waals surface area contributed by atoms with Crippen molar-refractivity contribution in [1.29, 1.82) is 0 Å². The molecule has 0 aliphatic carbocycles. The lowest BCUT2D eigenvalue weighted by Crippen LogP contribution is -2.44. The normalized spacial score (nSPS) is 12.0. The number of para-hydroxylation sites is 1. The van der Waals surface area contributed by atoms with Gasteiger partial charge in [0.05, 0.1) is 5.69 Å². The Bertz CT molecular complexity index is 1420. The highest BCUT2D eigenvalue weighted by atomic mass is 16.2. The van der Waals surface area contributed by atoms with Gasteiger partial charge in [-0.25, -0.2) is 9.97 Å². The molecule has 3 heterocycles. The van der Waals surface area contributed by atoms with Crippen LogP contribution < -0.4 is 10.6 Å². The number of rotatable bonds is 6. The molecule has 3 aromatic heterocycles. The molecule has 1 atom stereocenters. The van der Waals surface area contributed by atoms with Gasteiger partial charge in [-0.2, -0.15) is 0 Å². The Balaban J connectivity index is 1.33. The van der Waals surface area contributed by atoms with Crippen LogP contribution in [0.15, 0.2) is 79.4 Å². The quantitative estimate of drug-likeness (QED) is 0.377. The minimum Gasteiger partial charge on any atom is -0.361 e. The lowest BCUT2D eigenvalue weighted by atomic mass is 10.0. The van der Waals surface area contributed by atoms with Crippen LogP contribution in [-0.2, 0) is 16.0 Å². The van der Waals surface area contributed by atoms with Crippen LogP contribution in [-0.4, -0.2) is 37.2 Å². The van der Waals surface area contributed by atoms with E-state index in [-0.39, 0.29) is 11.8 Å². The Morgan fingerprint density at radius 1 is 1.09 bits per heavy atom. The Kier molecular flexibility index (Phi) is 5.32. The van der Waals surface area contributed by atoms with E-state index in [1.54, 1.807) is 6.20 Å². The maximum Gasteiger partial charge on any atom is 0.247 e. The van der Waals surface area contributed by atoms with Crippen molar-refractivity contribution in [2.75, 3.05) is 5.32 Å². The van der Waals surface area contributed by atoms with E-state index in [4.69, 9.17) is 0 Å². The molecular weight excluding hydrogens is 416 g/mol. The lowest BCUT2D eigenvalue weighted by molar-refractivity contribution is -0.125. The third kappa shape index (κ3) is 4.31. The molecule has 0 bridgehead atoms. The number of fused-ring (bicyclic) bond motifs is 2. The van der Waals surface area contributed by atoms with E-state index >= 15 is 0 Å². The average Bonchev–Trinajstić information content (AvgIpc) is 3.43. The van der Waals surface area contributed by atoms with Gasteiger partial charge in [0.15, 0.2) is 0 Å². The maximum absolute atomic E-state index is 13.0. The van der Waals surface area contributed by atoms with Crippen LogP contribution in [0, 0.1) is 0 Å².